The highest BCUT2D eigenvalue weighted by molar-refractivity contribution is 5.81. The summed E-state index contributed by atoms with van der Waals surface area (Å²) in [6, 6.07) is 0.516. The van der Waals surface area contributed by atoms with Crippen LogP contribution in [0.3, 0.4) is 0 Å². The molecule has 5 nitrogen and oxygen atoms in total. The summed E-state index contributed by atoms with van der Waals surface area (Å²) in [5.74, 6) is 1.44. The van der Waals surface area contributed by atoms with Gasteiger partial charge in [0.1, 0.15) is 0 Å². The summed E-state index contributed by atoms with van der Waals surface area (Å²) in [5.41, 5.74) is 0. The van der Waals surface area contributed by atoms with E-state index in [0.717, 1.165) is 45.5 Å². The summed E-state index contributed by atoms with van der Waals surface area (Å²) < 4.78 is 5.37. The Morgan fingerprint density at radius 1 is 1.30 bits per heavy atom. The molecule has 2 aliphatic heterocycles. The fourth-order valence-corrected chi connectivity index (χ4v) is 4.61. The standard InChI is InChI=1S/C18H32N2O3/c1-3-13-9-20(18(22)14-6-7-14)17(11-21)16(13)10-19-8-4-5-15(19)12-23-2/h13-17,21H,3-12H2,1-2H3/t13-,15-,16-,17-/m1/s1. The highest BCUT2D eigenvalue weighted by Gasteiger charge is 2.47. The molecular formula is C18H32N2O3. The molecule has 0 aromatic heterocycles. The third-order valence-electron chi connectivity index (χ3n) is 6.16. The largest absolute Gasteiger partial charge is 0.394 e. The van der Waals surface area contributed by atoms with Crippen molar-refractivity contribution in [2.24, 2.45) is 17.8 Å². The number of rotatable bonds is 7. The van der Waals surface area contributed by atoms with Gasteiger partial charge in [0.2, 0.25) is 5.91 Å². The summed E-state index contributed by atoms with van der Waals surface area (Å²) in [6.45, 7) is 6.06. The van der Waals surface area contributed by atoms with Crippen molar-refractivity contribution in [2.75, 3.05) is 40.0 Å². The highest BCUT2D eigenvalue weighted by atomic mass is 16.5. The minimum atomic E-state index is 0.0110. The Morgan fingerprint density at radius 3 is 2.70 bits per heavy atom. The van der Waals surface area contributed by atoms with Crippen molar-refractivity contribution in [3.8, 4) is 0 Å². The zero-order valence-corrected chi connectivity index (χ0v) is 14.6. The SMILES string of the molecule is CC[C@@H]1CN(C(=O)C2CC2)[C@H](CO)[C@@H]1CN1CCC[C@@H]1COC. The van der Waals surface area contributed by atoms with Crippen molar-refractivity contribution in [1.82, 2.24) is 9.80 Å². The van der Waals surface area contributed by atoms with Gasteiger partial charge in [-0.25, -0.2) is 0 Å². The summed E-state index contributed by atoms with van der Waals surface area (Å²) in [6.07, 6.45) is 5.59. The number of hydrogen-bond donors (Lipinski definition) is 1. The molecule has 1 N–H and O–H groups in total. The average molecular weight is 324 g/mol. The molecule has 3 aliphatic rings. The molecule has 0 unspecified atom stereocenters. The van der Waals surface area contributed by atoms with Gasteiger partial charge in [0.05, 0.1) is 19.3 Å². The first-order chi connectivity index (χ1) is 11.2. The van der Waals surface area contributed by atoms with E-state index >= 15 is 0 Å². The van der Waals surface area contributed by atoms with Gasteiger partial charge in [-0.3, -0.25) is 9.69 Å². The molecule has 1 saturated carbocycles. The van der Waals surface area contributed by atoms with Gasteiger partial charge in [0.25, 0.3) is 0 Å². The maximum atomic E-state index is 12.6. The van der Waals surface area contributed by atoms with Crippen molar-refractivity contribution in [1.29, 1.82) is 0 Å². The van der Waals surface area contributed by atoms with Gasteiger partial charge >= 0.3 is 0 Å². The van der Waals surface area contributed by atoms with Crippen LogP contribution >= 0.6 is 0 Å². The van der Waals surface area contributed by atoms with Crippen LogP contribution in [0.1, 0.15) is 39.0 Å². The van der Waals surface area contributed by atoms with Gasteiger partial charge < -0.3 is 14.7 Å². The average Bonchev–Trinajstić information content (AvgIpc) is 3.23. The van der Waals surface area contributed by atoms with Gasteiger partial charge in [-0.15, -0.1) is 0 Å². The molecule has 132 valence electrons. The molecule has 4 atom stereocenters. The van der Waals surface area contributed by atoms with E-state index in [1.807, 2.05) is 4.90 Å². The fourth-order valence-electron chi connectivity index (χ4n) is 4.61. The zero-order chi connectivity index (χ0) is 16.4. The molecule has 3 rings (SSSR count). The number of amides is 1. The second-order valence-electron chi connectivity index (χ2n) is 7.59. The summed E-state index contributed by atoms with van der Waals surface area (Å²) in [4.78, 5) is 17.1. The van der Waals surface area contributed by atoms with Gasteiger partial charge in [-0.1, -0.05) is 13.3 Å². The topological polar surface area (TPSA) is 53.0 Å². The number of likely N-dealkylation sites (tertiary alicyclic amines) is 2. The molecular weight excluding hydrogens is 292 g/mol. The lowest BCUT2D eigenvalue weighted by atomic mass is 9.88. The fraction of sp³-hybridized carbons (Fsp3) is 0.944. The monoisotopic (exact) mass is 324 g/mol. The first-order valence-electron chi connectivity index (χ1n) is 9.33. The predicted octanol–water partition coefficient (Wildman–Crippen LogP) is 1.35. The van der Waals surface area contributed by atoms with E-state index < -0.39 is 0 Å². The van der Waals surface area contributed by atoms with E-state index in [1.54, 1.807) is 7.11 Å². The van der Waals surface area contributed by atoms with Crippen molar-refractivity contribution in [3.63, 3.8) is 0 Å². The van der Waals surface area contributed by atoms with Gasteiger partial charge in [0, 0.05) is 32.2 Å². The van der Waals surface area contributed by atoms with Crippen molar-refractivity contribution in [3.05, 3.63) is 0 Å². The van der Waals surface area contributed by atoms with E-state index in [-0.39, 0.29) is 18.6 Å². The Morgan fingerprint density at radius 2 is 2.09 bits per heavy atom. The lowest BCUT2D eigenvalue weighted by Crippen LogP contribution is -2.45. The summed E-state index contributed by atoms with van der Waals surface area (Å²) >= 11 is 0. The normalized spacial score (nSPS) is 35.2. The second-order valence-corrected chi connectivity index (χ2v) is 7.59. The molecule has 0 bridgehead atoms. The highest BCUT2D eigenvalue weighted by Crippen LogP contribution is 2.39. The smallest absolute Gasteiger partial charge is 0.226 e. The Kier molecular flexibility index (Phi) is 5.60. The van der Waals surface area contributed by atoms with Crippen molar-refractivity contribution < 1.29 is 14.6 Å². The van der Waals surface area contributed by atoms with E-state index in [2.05, 4.69) is 11.8 Å². The van der Waals surface area contributed by atoms with Crippen LogP contribution in [-0.2, 0) is 9.53 Å². The summed E-state index contributed by atoms with van der Waals surface area (Å²) in [5, 5.41) is 9.98. The molecule has 0 aromatic rings. The Balaban J connectivity index is 1.69. The number of ether oxygens (including phenoxy) is 1. The first-order valence-corrected chi connectivity index (χ1v) is 9.33. The maximum Gasteiger partial charge on any atom is 0.226 e. The minimum absolute atomic E-state index is 0.0110. The third-order valence-corrected chi connectivity index (χ3v) is 6.16. The molecule has 2 saturated heterocycles. The first kappa shape index (κ1) is 17.2. The van der Waals surface area contributed by atoms with Crippen LogP contribution in [0.5, 0.6) is 0 Å². The van der Waals surface area contributed by atoms with E-state index in [4.69, 9.17) is 4.74 Å². The zero-order valence-electron chi connectivity index (χ0n) is 14.6. The lowest BCUT2D eigenvalue weighted by molar-refractivity contribution is -0.134. The Labute approximate surface area is 140 Å². The van der Waals surface area contributed by atoms with Crippen molar-refractivity contribution >= 4 is 5.91 Å². The minimum Gasteiger partial charge on any atom is -0.394 e. The molecule has 1 amide bonds. The van der Waals surface area contributed by atoms with Gasteiger partial charge in [0.15, 0.2) is 0 Å². The number of aliphatic hydroxyl groups is 1. The van der Waals surface area contributed by atoms with E-state index in [9.17, 15) is 9.90 Å². The molecule has 0 aromatic carbocycles. The second kappa shape index (κ2) is 7.49. The van der Waals surface area contributed by atoms with Crippen LogP contribution in [0.25, 0.3) is 0 Å². The number of nitrogens with zero attached hydrogens (tertiary/aromatic N) is 2. The third kappa shape index (κ3) is 3.57. The van der Waals surface area contributed by atoms with Crippen molar-refractivity contribution in [2.45, 2.75) is 51.1 Å². The number of aliphatic hydroxyl groups excluding tert-OH is 1. The van der Waals surface area contributed by atoms with E-state index in [0.29, 0.717) is 23.8 Å². The Bertz CT molecular complexity index is 413. The predicted molar refractivity (Wildman–Crippen MR) is 89.1 cm³/mol. The molecule has 1 aliphatic carbocycles. The van der Waals surface area contributed by atoms with Crippen LogP contribution in [0.15, 0.2) is 0 Å². The Hall–Kier alpha value is -0.650. The number of methoxy groups -OCH3 is 1. The molecule has 5 heteroatoms. The number of carbonyl (C=O) groups is 1. The van der Waals surface area contributed by atoms with Gasteiger partial charge in [-0.05, 0) is 44.1 Å². The van der Waals surface area contributed by atoms with Crippen LogP contribution < -0.4 is 0 Å². The molecule has 0 radical (unpaired) electrons. The molecule has 23 heavy (non-hydrogen) atoms. The van der Waals surface area contributed by atoms with E-state index in [1.165, 1.54) is 12.8 Å². The number of hydrogen-bond acceptors (Lipinski definition) is 4. The van der Waals surface area contributed by atoms with Crippen LogP contribution in [0, 0.1) is 17.8 Å². The lowest BCUT2D eigenvalue weighted by Gasteiger charge is -2.32. The molecule has 3 fully saturated rings. The number of carbonyl (C=O) groups excluding carboxylic acids is 1. The summed E-state index contributed by atoms with van der Waals surface area (Å²) in [7, 11) is 1.77. The van der Waals surface area contributed by atoms with Crippen LogP contribution in [0.2, 0.25) is 0 Å². The molecule has 0 spiro atoms. The maximum absolute atomic E-state index is 12.6. The van der Waals surface area contributed by atoms with Crippen LogP contribution in [0.4, 0.5) is 0 Å². The van der Waals surface area contributed by atoms with Gasteiger partial charge in [-0.2, -0.15) is 0 Å². The molecule has 2 heterocycles. The van der Waals surface area contributed by atoms with Crippen LogP contribution in [-0.4, -0.2) is 72.9 Å². The quantitative estimate of drug-likeness (QED) is 0.768.